The normalized spacial score (nSPS) is 9.92. The van der Waals surface area contributed by atoms with Crippen LogP contribution in [0.1, 0.15) is 27.7 Å². The molecule has 3 heteroatoms. The van der Waals surface area contributed by atoms with Gasteiger partial charge in [-0.25, -0.2) is 0 Å². The Labute approximate surface area is 150 Å². The second-order valence-corrected chi connectivity index (χ2v) is 6.18. The number of rotatable bonds is 8. The Balaban J connectivity index is 2.14. The SMILES string of the molecule is CC(C)=CCOc1ccccc1Oc1ccccc1OCC=C(C)C. The third-order valence-corrected chi connectivity index (χ3v) is 3.38. The van der Waals surface area contributed by atoms with Gasteiger partial charge in [-0.3, -0.25) is 0 Å². The largest absolute Gasteiger partial charge is 0.486 e. The average Bonchev–Trinajstić information content (AvgIpc) is 2.57. The molecule has 0 N–H and O–H groups in total. The van der Waals surface area contributed by atoms with E-state index in [1.54, 1.807) is 0 Å². The van der Waals surface area contributed by atoms with Crippen LogP contribution >= 0.6 is 0 Å². The van der Waals surface area contributed by atoms with Crippen LogP contribution < -0.4 is 14.2 Å². The van der Waals surface area contributed by atoms with E-state index in [0.29, 0.717) is 36.2 Å². The molecule has 2 rings (SSSR count). The second kappa shape index (κ2) is 9.58. The van der Waals surface area contributed by atoms with Gasteiger partial charge in [-0.05, 0) is 64.1 Å². The summed E-state index contributed by atoms with van der Waals surface area (Å²) in [6, 6.07) is 15.3. The summed E-state index contributed by atoms with van der Waals surface area (Å²) in [4.78, 5) is 0. The predicted molar refractivity (Wildman–Crippen MR) is 103 cm³/mol. The molecule has 0 atom stereocenters. The average molecular weight is 338 g/mol. The molecule has 0 aliphatic carbocycles. The Kier molecular flexibility index (Phi) is 7.15. The van der Waals surface area contributed by atoms with E-state index in [2.05, 4.69) is 0 Å². The molecule has 132 valence electrons. The Bertz CT molecular complexity index is 673. The molecule has 0 heterocycles. The molecular weight excluding hydrogens is 312 g/mol. The molecule has 25 heavy (non-hydrogen) atoms. The summed E-state index contributed by atoms with van der Waals surface area (Å²) in [6.07, 6.45) is 4.07. The molecule has 0 radical (unpaired) electrons. The highest BCUT2D eigenvalue weighted by atomic mass is 16.5. The molecule has 0 aliphatic rings. The van der Waals surface area contributed by atoms with Crippen LogP contribution in [-0.4, -0.2) is 13.2 Å². The van der Waals surface area contributed by atoms with E-state index in [1.165, 1.54) is 11.1 Å². The number of hydrogen-bond donors (Lipinski definition) is 0. The molecule has 0 saturated carbocycles. The van der Waals surface area contributed by atoms with Crippen LogP contribution in [0.25, 0.3) is 0 Å². The molecule has 0 aromatic heterocycles. The van der Waals surface area contributed by atoms with Crippen molar-refractivity contribution in [1.82, 2.24) is 0 Å². The lowest BCUT2D eigenvalue weighted by atomic mass is 10.3. The van der Waals surface area contributed by atoms with E-state index in [4.69, 9.17) is 14.2 Å². The number of benzene rings is 2. The van der Waals surface area contributed by atoms with Gasteiger partial charge in [-0.1, -0.05) is 35.4 Å². The van der Waals surface area contributed by atoms with Gasteiger partial charge >= 0.3 is 0 Å². The lowest BCUT2D eigenvalue weighted by molar-refractivity contribution is 0.321. The molecule has 2 aromatic carbocycles. The lowest BCUT2D eigenvalue weighted by Gasteiger charge is -2.14. The third kappa shape index (κ3) is 6.38. The molecule has 0 bridgehead atoms. The van der Waals surface area contributed by atoms with Crippen molar-refractivity contribution in [2.75, 3.05) is 13.2 Å². The minimum absolute atomic E-state index is 0.515. The minimum atomic E-state index is 0.515. The zero-order valence-corrected chi connectivity index (χ0v) is 15.4. The predicted octanol–water partition coefficient (Wildman–Crippen LogP) is 6.17. The van der Waals surface area contributed by atoms with Gasteiger partial charge in [-0.2, -0.15) is 0 Å². The van der Waals surface area contributed by atoms with Gasteiger partial charge in [0.2, 0.25) is 0 Å². The quantitative estimate of drug-likeness (QED) is 0.539. The van der Waals surface area contributed by atoms with E-state index in [0.717, 1.165) is 0 Å². The van der Waals surface area contributed by atoms with Crippen molar-refractivity contribution in [1.29, 1.82) is 0 Å². The van der Waals surface area contributed by atoms with E-state index in [1.807, 2.05) is 88.4 Å². The van der Waals surface area contributed by atoms with Crippen LogP contribution in [0.15, 0.2) is 71.8 Å². The van der Waals surface area contributed by atoms with Gasteiger partial charge < -0.3 is 14.2 Å². The number of para-hydroxylation sites is 4. The maximum atomic E-state index is 6.06. The first-order valence-corrected chi connectivity index (χ1v) is 8.44. The summed E-state index contributed by atoms with van der Waals surface area (Å²) < 4.78 is 17.7. The number of allylic oxidation sites excluding steroid dienone is 2. The lowest BCUT2D eigenvalue weighted by Crippen LogP contribution is -1.99. The Morgan fingerprint density at radius 1 is 0.640 bits per heavy atom. The standard InChI is InChI=1S/C22H26O3/c1-17(2)13-15-23-19-9-5-7-11-21(19)25-22-12-8-6-10-20(22)24-16-14-18(3)4/h5-14H,15-16H2,1-4H3. The Hall–Kier alpha value is -2.68. The molecule has 0 spiro atoms. The molecule has 2 aromatic rings. The van der Waals surface area contributed by atoms with Crippen molar-refractivity contribution in [3.05, 3.63) is 71.8 Å². The van der Waals surface area contributed by atoms with Crippen molar-refractivity contribution >= 4 is 0 Å². The minimum Gasteiger partial charge on any atom is -0.486 e. The molecule has 0 unspecified atom stereocenters. The molecule has 0 amide bonds. The maximum absolute atomic E-state index is 6.06. The summed E-state index contributed by atoms with van der Waals surface area (Å²) in [5, 5.41) is 0. The third-order valence-electron chi connectivity index (χ3n) is 3.38. The summed E-state index contributed by atoms with van der Waals surface area (Å²) in [6.45, 7) is 9.22. The van der Waals surface area contributed by atoms with Gasteiger partial charge in [-0.15, -0.1) is 0 Å². The summed E-state index contributed by atoms with van der Waals surface area (Å²) in [5.74, 6) is 2.75. The van der Waals surface area contributed by atoms with Gasteiger partial charge in [0.25, 0.3) is 0 Å². The van der Waals surface area contributed by atoms with Gasteiger partial charge in [0, 0.05) is 0 Å². The first-order valence-electron chi connectivity index (χ1n) is 8.44. The van der Waals surface area contributed by atoms with Gasteiger partial charge in [0.15, 0.2) is 23.0 Å². The van der Waals surface area contributed by atoms with E-state index < -0.39 is 0 Å². The zero-order chi connectivity index (χ0) is 18.1. The van der Waals surface area contributed by atoms with Crippen molar-refractivity contribution in [3.63, 3.8) is 0 Å². The smallest absolute Gasteiger partial charge is 0.169 e. The van der Waals surface area contributed by atoms with Crippen LogP contribution in [0.4, 0.5) is 0 Å². The molecular formula is C22H26O3. The van der Waals surface area contributed by atoms with Gasteiger partial charge in [0.1, 0.15) is 13.2 Å². The van der Waals surface area contributed by atoms with Crippen LogP contribution in [0.2, 0.25) is 0 Å². The molecule has 0 aliphatic heterocycles. The highest BCUT2D eigenvalue weighted by molar-refractivity contribution is 5.47. The Morgan fingerprint density at radius 3 is 1.36 bits per heavy atom. The van der Waals surface area contributed by atoms with E-state index in [9.17, 15) is 0 Å². The summed E-state index contributed by atoms with van der Waals surface area (Å²) in [7, 11) is 0. The van der Waals surface area contributed by atoms with Crippen LogP contribution in [-0.2, 0) is 0 Å². The van der Waals surface area contributed by atoms with E-state index in [-0.39, 0.29) is 0 Å². The highest BCUT2D eigenvalue weighted by Gasteiger charge is 2.09. The second-order valence-electron chi connectivity index (χ2n) is 6.18. The topological polar surface area (TPSA) is 27.7 Å². The fourth-order valence-electron chi connectivity index (χ4n) is 2.02. The van der Waals surface area contributed by atoms with Crippen molar-refractivity contribution in [2.45, 2.75) is 27.7 Å². The molecule has 0 saturated heterocycles. The summed E-state index contributed by atoms with van der Waals surface area (Å²) >= 11 is 0. The highest BCUT2D eigenvalue weighted by Crippen LogP contribution is 2.36. The monoisotopic (exact) mass is 338 g/mol. The molecule has 0 fully saturated rings. The maximum Gasteiger partial charge on any atom is 0.169 e. The number of hydrogen-bond acceptors (Lipinski definition) is 3. The number of ether oxygens (including phenoxy) is 3. The van der Waals surface area contributed by atoms with Gasteiger partial charge in [0.05, 0.1) is 0 Å². The fourth-order valence-corrected chi connectivity index (χ4v) is 2.02. The van der Waals surface area contributed by atoms with Crippen LogP contribution in [0.5, 0.6) is 23.0 Å². The first-order chi connectivity index (χ1) is 12.1. The fraction of sp³-hybridized carbons (Fsp3) is 0.273. The van der Waals surface area contributed by atoms with Crippen molar-refractivity contribution < 1.29 is 14.2 Å². The molecule has 3 nitrogen and oxygen atoms in total. The van der Waals surface area contributed by atoms with Crippen LogP contribution in [0.3, 0.4) is 0 Å². The van der Waals surface area contributed by atoms with Crippen molar-refractivity contribution in [3.8, 4) is 23.0 Å². The summed E-state index contributed by atoms with van der Waals surface area (Å²) in [5.41, 5.74) is 2.44. The first kappa shape index (κ1) is 18.7. The van der Waals surface area contributed by atoms with Crippen LogP contribution in [0, 0.1) is 0 Å². The van der Waals surface area contributed by atoms with E-state index >= 15 is 0 Å². The zero-order valence-electron chi connectivity index (χ0n) is 15.4. The van der Waals surface area contributed by atoms with Crippen molar-refractivity contribution in [2.24, 2.45) is 0 Å². The Morgan fingerprint density at radius 2 is 1.00 bits per heavy atom.